The smallest absolute Gasteiger partial charge is 0.339 e. The summed E-state index contributed by atoms with van der Waals surface area (Å²) in [6.07, 6.45) is 7.16. The summed E-state index contributed by atoms with van der Waals surface area (Å²) in [6.45, 7) is 1.76. The molecule has 104 valence electrons. The molecule has 1 aromatic heterocycles. The van der Waals surface area contributed by atoms with Gasteiger partial charge < -0.3 is 10.0 Å². The summed E-state index contributed by atoms with van der Waals surface area (Å²) in [4.78, 5) is 17.7. The molecule has 0 radical (unpaired) electrons. The van der Waals surface area contributed by atoms with E-state index in [1.807, 2.05) is 11.8 Å². The molecule has 1 aromatic rings. The van der Waals surface area contributed by atoms with Gasteiger partial charge in [-0.25, -0.2) is 9.78 Å². The number of pyridine rings is 1. The number of nitrogens with zero attached hydrogens (tertiary/aromatic N) is 2. The summed E-state index contributed by atoms with van der Waals surface area (Å²) in [5.41, 5.74) is 0.275. The van der Waals surface area contributed by atoms with Crippen LogP contribution in [0.3, 0.4) is 0 Å². The van der Waals surface area contributed by atoms with Gasteiger partial charge in [0.15, 0.2) is 0 Å². The topological polar surface area (TPSA) is 53.4 Å². The van der Waals surface area contributed by atoms with Crippen molar-refractivity contribution in [2.24, 2.45) is 0 Å². The van der Waals surface area contributed by atoms with Gasteiger partial charge in [0.2, 0.25) is 0 Å². The summed E-state index contributed by atoms with van der Waals surface area (Å²) in [5.74, 6) is -0.327. The second-order valence-corrected chi connectivity index (χ2v) is 6.66. The zero-order valence-corrected chi connectivity index (χ0v) is 13.2. The first-order chi connectivity index (χ1) is 9.11. The van der Waals surface area contributed by atoms with Crippen molar-refractivity contribution in [2.75, 3.05) is 24.2 Å². The van der Waals surface area contributed by atoms with Crippen LogP contribution in [0, 0.1) is 0 Å². The van der Waals surface area contributed by atoms with Gasteiger partial charge in [-0.05, 0) is 47.5 Å². The van der Waals surface area contributed by atoms with Crippen molar-refractivity contribution in [3.05, 3.63) is 22.3 Å². The average Bonchev–Trinajstić information content (AvgIpc) is 2.63. The highest BCUT2D eigenvalue weighted by molar-refractivity contribution is 9.10. The minimum absolute atomic E-state index is 0.275. The second kappa shape index (κ2) is 6.61. The third kappa shape index (κ3) is 3.63. The van der Waals surface area contributed by atoms with Gasteiger partial charge in [0.25, 0.3) is 0 Å². The van der Waals surface area contributed by atoms with Crippen LogP contribution < -0.4 is 4.90 Å². The standard InChI is InChI=1S/C13H17BrN2O2S/c1-19-10-3-2-5-16(6-4-10)12-11(13(17)18)7-9(14)8-15-12/h7-8,10H,2-6H2,1H3,(H,17,18). The lowest BCUT2D eigenvalue weighted by Crippen LogP contribution is -2.27. The Labute approximate surface area is 125 Å². The lowest BCUT2D eigenvalue weighted by Gasteiger charge is -2.23. The van der Waals surface area contributed by atoms with E-state index in [2.05, 4.69) is 32.1 Å². The summed E-state index contributed by atoms with van der Waals surface area (Å²) in [6, 6.07) is 1.63. The van der Waals surface area contributed by atoms with Gasteiger partial charge in [0.05, 0.1) is 0 Å². The molecular weight excluding hydrogens is 328 g/mol. The number of carboxylic acids is 1. The number of hydrogen-bond donors (Lipinski definition) is 1. The molecule has 6 heteroatoms. The van der Waals surface area contributed by atoms with Crippen LogP contribution in [0.4, 0.5) is 5.82 Å². The number of aromatic nitrogens is 1. The molecule has 1 atom stereocenters. The predicted molar refractivity (Wildman–Crippen MR) is 82.3 cm³/mol. The van der Waals surface area contributed by atoms with Crippen molar-refractivity contribution in [3.63, 3.8) is 0 Å². The van der Waals surface area contributed by atoms with Crippen LogP contribution in [0.2, 0.25) is 0 Å². The molecular formula is C13H17BrN2O2S. The van der Waals surface area contributed by atoms with E-state index in [1.165, 1.54) is 6.42 Å². The van der Waals surface area contributed by atoms with Gasteiger partial charge in [0.1, 0.15) is 11.4 Å². The average molecular weight is 345 g/mol. The lowest BCUT2D eigenvalue weighted by molar-refractivity contribution is 0.0697. The summed E-state index contributed by atoms with van der Waals surface area (Å²) in [7, 11) is 0. The molecule has 2 heterocycles. The van der Waals surface area contributed by atoms with Crippen molar-refractivity contribution in [1.29, 1.82) is 0 Å². The van der Waals surface area contributed by atoms with Gasteiger partial charge in [-0.1, -0.05) is 0 Å². The Morgan fingerprint density at radius 2 is 2.32 bits per heavy atom. The van der Waals surface area contributed by atoms with Crippen molar-refractivity contribution >= 4 is 39.5 Å². The molecule has 0 aromatic carbocycles. The zero-order valence-electron chi connectivity index (χ0n) is 10.8. The molecule has 0 amide bonds. The number of thioether (sulfide) groups is 1. The quantitative estimate of drug-likeness (QED) is 0.911. The van der Waals surface area contributed by atoms with Gasteiger partial charge in [-0.2, -0.15) is 11.8 Å². The summed E-state index contributed by atoms with van der Waals surface area (Å²) >= 11 is 5.18. The molecule has 1 N–H and O–H groups in total. The Balaban J connectivity index is 2.23. The van der Waals surface area contributed by atoms with Crippen LogP contribution >= 0.6 is 27.7 Å². The normalized spacial score (nSPS) is 20.1. The largest absolute Gasteiger partial charge is 0.478 e. The lowest BCUT2D eigenvalue weighted by atomic mass is 10.2. The van der Waals surface area contributed by atoms with Gasteiger partial charge in [-0.3, -0.25) is 0 Å². The van der Waals surface area contributed by atoms with Crippen LogP contribution in [0.5, 0.6) is 0 Å². The summed E-state index contributed by atoms with van der Waals surface area (Å²) < 4.78 is 0.700. The van der Waals surface area contributed by atoms with Crippen LogP contribution in [-0.4, -0.2) is 40.7 Å². The Hall–Kier alpha value is -0.750. The molecule has 19 heavy (non-hydrogen) atoms. The van der Waals surface area contributed by atoms with Gasteiger partial charge in [-0.15, -0.1) is 0 Å². The van der Waals surface area contributed by atoms with E-state index in [0.29, 0.717) is 15.5 Å². The van der Waals surface area contributed by atoms with Crippen molar-refractivity contribution < 1.29 is 9.90 Å². The first-order valence-electron chi connectivity index (χ1n) is 6.28. The molecule has 1 saturated heterocycles. The number of carbonyl (C=O) groups is 1. The SMILES string of the molecule is CSC1CCCN(c2ncc(Br)cc2C(=O)O)CC1. The fourth-order valence-electron chi connectivity index (χ4n) is 2.35. The van der Waals surface area contributed by atoms with Crippen LogP contribution in [0.1, 0.15) is 29.6 Å². The minimum Gasteiger partial charge on any atom is -0.478 e. The van der Waals surface area contributed by atoms with Gasteiger partial charge >= 0.3 is 5.97 Å². The predicted octanol–water partition coefficient (Wildman–Crippen LogP) is 3.26. The maximum atomic E-state index is 11.3. The van der Waals surface area contributed by atoms with E-state index in [1.54, 1.807) is 12.3 Å². The van der Waals surface area contributed by atoms with Crippen molar-refractivity contribution in [2.45, 2.75) is 24.5 Å². The third-order valence-electron chi connectivity index (χ3n) is 3.37. The Bertz CT molecular complexity index is 470. The molecule has 1 aliphatic rings. The van der Waals surface area contributed by atoms with E-state index >= 15 is 0 Å². The number of halogens is 1. The van der Waals surface area contributed by atoms with E-state index in [4.69, 9.17) is 0 Å². The van der Waals surface area contributed by atoms with Crippen molar-refractivity contribution in [3.8, 4) is 0 Å². The van der Waals surface area contributed by atoms with E-state index in [9.17, 15) is 9.90 Å². The monoisotopic (exact) mass is 344 g/mol. The van der Waals surface area contributed by atoms with E-state index in [-0.39, 0.29) is 5.56 Å². The van der Waals surface area contributed by atoms with Crippen LogP contribution in [0.25, 0.3) is 0 Å². The molecule has 0 saturated carbocycles. The van der Waals surface area contributed by atoms with E-state index in [0.717, 1.165) is 25.9 Å². The first kappa shape index (κ1) is 14.7. The molecule has 4 nitrogen and oxygen atoms in total. The molecule has 0 bridgehead atoms. The molecule has 2 rings (SSSR count). The fourth-order valence-corrected chi connectivity index (χ4v) is 3.43. The van der Waals surface area contributed by atoms with Crippen molar-refractivity contribution in [1.82, 2.24) is 4.98 Å². The Morgan fingerprint density at radius 1 is 1.53 bits per heavy atom. The minimum atomic E-state index is -0.922. The number of rotatable bonds is 3. The highest BCUT2D eigenvalue weighted by Crippen LogP contribution is 2.27. The molecule has 1 fully saturated rings. The zero-order chi connectivity index (χ0) is 13.8. The fraction of sp³-hybridized carbons (Fsp3) is 0.538. The number of hydrogen-bond acceptors (Lipinski definition) is 4. The number of carboxylic acid groups (broad SMARTS) is 1. The maximum absolute atomic E-state index is 11.3. The highest BCUT2D eigenvalue weighted by atomic mass is 79.9. The maximum Gasteiger partial charge on any atom is 0.339 e. The van der Waals surface area contributed by atoms with Gasteiger partial charge in [0, 0.05) is 29.0 Å². The van der Waals surface area contributed by atoms with Crippen LogP contribution in [0.15, 0.2) is 16.7 Å². The highest BCUT2D eigenvalue weighted by Gasteiger charge is 2.21. The Morgan fingerprint density at radius 3 is 3.00 bits per heavy atom. The Kier molecular flexibility index (Phi) is 5.10. The first-order valence-corrected chi connectivity index (χ1v) is 8.36. The molecule has 1 unspecified atom stereocenters. The van der Waals surface area contributed by atoms with E-state index < -0.39 is 5.97 Å². The summed E-state index contributed by atoms with van der Waals surface area (Å²) in [5, 5.41) is 9.97. The third-order valence-corrected chi connectivity index (χ3v) is 4.94. The molecule has 0 aliphatic carbocycles. The molecule has 0 spiro atoms. The van der Waals surface area contributed by atoms with Crippen LogP contribution in [-0.2, 0) is 0 Å². The number of aromatic carboxylic acids is 1. The second-order valence-electron chi connectivity index (χ2n) is 4.61. The number of anilines is 1. The molecule has 1 aliphatic heterocycles.